The van der Waals surface area contributed by atoms with Gasteiger partial charge in [0.25, 0.3) is 5.91 Å². The van der Waals surface area contributed by atoms with Crippen molar-refractivity contribution in [3.63, 3.8) is 0 Å². The molecule has 2 amide bonds. The van der Waals surface area contributed by atoms with Crippen molar-refractivity contribution in [2.45, 2.75) is 19.4 Å². The lowest BCUT2D eigenvalue weighted by molar-refractivity contribution is -0.897. The van der Waals surface area contributed by atoms with Crippen molar-refractivity contribution in [2.75, 3.05) is 25.0 Å². The molecule has 1 aliphatic rings. The zero-order valence-electron chi connectivity index (χ0n) is 16.9. The van der Waals surface area contributed by atoms with Crippen LogP contribution in [0.2, 0.25) is 0 Å². The van der Waals surface area contributed by atoms with Crippen LogP contribution in [0.25, 0.3) is 10.8 Å². The number of rotatable bonds is 6. The SMILES string of the molecule is O=C(C[NH+]1CCC(C(=O)NCc2ccncc2)CC1)Nc1cccc2ccccc12. The van der Waals surface area contributed by atoms with Crippen LogP contribution < -0.4 is 15.5 Å². The Labute approximate surface area is 176 Å². The van der Waals surface area contributed by atoms with E-state index in [1.807, 2.05) is 54.6 Å². The smallest absolute Gasteiger partial charge is 0.279 e. The van der Waals surface area contributed by atoms with Crippen LogP contribution in [0.5, 0.6) is 0 Å². The molecule has 6 nitrogen and oxygen atoms in total. The summed E-state index contributed by atoms with van der Waals surface area (Å²) in [6, 6.07) is 17.8. The first-order chi connectivity index (χ1) is 14.7. The maximum atomic E-state index is 12.6. The van der Waals surface area contributed by atoms with Gasteiger partial charge in [-0.2, -0.15) is 0 Å². The molecule has 0 aliphatic carbocycles. The first-order valence-corrected chi connectivity index (χ1v) is 10.5. The fourth-order valence-electron chi connectivity index (χ4n) is 4.06. The minimum Gasteiger partial charge on any atom is -0.352 e. The number of carbonyl (C=O) groups is 2. The van der Waals surface area contributed by atoms with E-state index >= 15 is 0 Å². The molecule has 0 unspecified atom stereocenters. The molecule has 0 saturated carbocycles. The van der Waals surface area contributed by atoms with E-state index < -0.39 is 0 Å². The van der Waals surface area contributed by atoms with Gasteiger partial charge in [0.05, 0.1) is 13.1 Å². The number of anilines is 1. The van der Waals surface area contributed by atoms with E-state index in [1.54, 1.807) is 12.4 Å². The highest BCUT2D eigenvalue weighted by atomic mass is 16.2. The van der Waals surface area contributed by atoms with Crippen molar-refractivity contribution < 1.29 is 14.5 Å². The molecule has 0 atom stereocenters. The molecule has 3 N–H and O–H groups in total. The maximum Gasteiger partial charge on any atom is 0.279 e. The van der Waals surface area contributed by atoms with E-state index in [1.165, 1.54) is 4.90 Å². The lowest BCUT2D eigenvalue weighted by atomic mass is 9.96. The Hall–Kier alpha value is -3.25. The largest absolute Gasteiger partial charge is 0.352 e. The summed E-state index contributed by atoms with van der Waals surface area (Å²) in [7, 11) is 0. The quantitative estimate of drug-likeness (QED) is 0.587. The number of hydrogen-bond acceptors (Lipinski definition) is 3. The van der Waals surface area contributed by atoms with Crippen LogP contribution in [0.1, 0.15) is 18.4 Å². The molecule has 4 rings (SSSR count). The Kier molecular flexibility index (Phi) is 6.35. The van der Waals surface area contributed by atoms with E-state index in [9.17, 15) is 9.59 Å². The first-order valence-electron chi connectivity index (χ1n) is 10.5. The van der Waals surface area contributed by atoms with Gasteiger partial charge in [0.1, 0.15) is 0 Å². The monoisotopic (exact) mass is 403 g/mol. The Morgan fingerprint density at radius 2 is 1.70 bits per heavy atom. The summed E-state index contributed by atoms with van der Waals surface area (Å²) in [5.41, 5.74) is 1.90. The van der Waals surface area contributed by atoms with Gasteiger partial charge in [0, 0.05) is 48.8 Å². The van der Waals surface area contributed by atoms with Crippen LogP contribution in [0.4, 0.5) is 5.69 Å². The molecule has 30 heavy (non-hydrogen) atoms. The summed E-state index contributed by atoms with van der Waals surface area (Å²) in [6.07, 6.45) is 5.07. The number of fused-ring (bicyclic) bond motifs is 1. The second kappa shape index (κ2) is 9.50. The first kappa shape index (κ1) is 20.0. The summed E-state index contributed by atoms with van der Waals surface area (Å²) in [5.74, 6) is 0.143. The fourth-order valence-corrected chi connectivity index (χ4v) is 4.06. The summed E-state index contributed by atoms with van der Waals surface area (Å²) < 4.78 is 0. The van der Waals surface area contributed by atoms with Crippen molar-refractivity contribution >= 4 is 28.3 Å². The fraction of sp³-hybridized carbons (Fsp3) is 0.292. The topological polar surface area (TPSA) is 75.5 Å². The Bertz CT molecular complexity index is 1010. The molecule has 0 radical (unpaired) electrons. The van der Waals surface area contributed by atoms with Crippen molar-refractivity contribution in [1.82, 2.24) is 10.3 Å². The number of quaternary nitrogens is 1. The average molecular weight is 404 g/mol. The normalized spacial score (nSPS) is 18.7. The van der Waals surface area contributed by atoms with Gasteiger partial charge in [-0.15, -0.1) is 0 Å². The molecule has 0 bridgehead atoms. The molecule has 0 spiro atoms. The second-order valence-corrected chi connectivity index (χ2v) is 7.85. The number of amides is 2. The molecular weight excluding hydrogens is 376 g/mol. The zero-order valence-corrected chi connectivity index (χ0v) is 16.9. The number of likely N-dealkylation sites (tertiary alicyclic amines) is 1. The van der Waals surface area contributed by atoms with Crippen LogP contribution in [0.3, 0.4) is 0 Å². The Balaban J connectivity index is 1.24. The van der Waals surface area contributed by atoms with Gasteiger partial charge in [-0.05, 0) is 29.1 Å². The van der Waals surface area contributed by atoms with Gasteiger partial charge in [-0.25, -0.2) is 0 Å². The van der Waals surface area contributed by atoms with E-state index in [0.29, 0.717) is 13.1 Å². The van der Waals surface area contributed by atoms with Crippen molar-refractivity contribution in [3.8, 4) is 0 Å². The van der Waals surface area contributed by atoms with Crippen molar-refractivity contribution in [3.05, 3.63) is 72.6 Å². The number of hydrogen-bond donors (Lipinski definition) is 3. The van der Waals surface area contributed by atoms with Crippen LogP contribution in [0.15, 0.2) is 67.0 Å². The number of nitrogens with zero attached hydrogens (tertiary/aromatic N) is 1. The van der Waals surface area contributed by atoms with Crippen molar-refractivity contribution in [2.24, 2.45) is 5.92 Å². The Morgan fingerprint density at radius 1 is 0.967 bits per heavy atom. The second-order valence-electron chi connectivity index (χ2n) is 7.85. The third-order valence-corrected chi connectivity index (χ3v) is 5.75. The third kappa shape index (κ3) is 5.02. The third-order valence-electron chi connectivity index (χ3n) is 5.75. The number of nitrogens with one attached hydrogen (secondary N) is 3. The molecule has 1 aliphatic heterocycles. The van der Waals surface area contributed by atoms with E-state index in [4.69, 9.17) is 0 Å². The molecule has 3 aromatic rings. The zero-order chi connectivity index (χ0) is 20.8. The summed E-state index contributed by atoms with van der Waals surface area (Å²) >= 11 is 0. The number of piperidine rings is 1. The number of benzene rings is 2. The van der Waals surface area contributed by atoms with Gasteiger partial charge in [-0.1, -0.05) is 36.4 Å². The van der Waals surface area contributed by atoms with Gasteiger partial charge in [-0.3, -0.25) is 14.6 Å². The molecule has 2 aromatic carbocycles. The van der Waals surface area contributed by atoms with Crippen LogP contribution in [0, 0.1) is 5.92 Å². The molecule has 154 valence electrons. The minimum atomic E-state index is 0.0157. The summed E-state index contributed by atoms with van der Waals surface area (Å²) in [5, 5.41) is 8.24. The highest BCUT2D eigenvalue weighted by molar-refractivity contribution is 6.02. The summed E-state index contributed by atoms with van der Waals surface area (Å²) in [4.78, 5) is 30.2. The van der Waals surface area contributed by atoms with E-state index in [-0.39, 0.29) is 17.7 Å². The van der Waals surface area contributed by atoms with Crippen LogP contribution in [-0.2, 0) is 16.1 Å². The molecule has 2 heterocycles. The van der Waals surface area contributed by atoms with E-state index in [2.05, 4.69) is 15.6 Å². The highest BCUT2D eigenvalue weighted by Crippen LogP contribution is 2.22. The predicted octanol–water partition coefficient (Wildman–Crippen LogP) is 1.78. The van der Waals surface area contributed by atoms with E-state index in [0.717, 1.165) is 48.0 Å². The number of pyridine rings is 1. The minimum absolute atomic E-state index is 0.0157. The van der Waals surface area contributed by atoms with Gasteiger partial charge in [0.15, 0.2) is 6.54 Å². The predicted molar refractivity (Wildman–Crippen MR) is 117 cm³/mol. The maximum absolute atomic E-state index is 12.6. The van der Waals surface area contributed by atoms with Crippen molar-refractivity contribution in [1.29, 1.82) is 0 Å². The van der Waals surface area contributed by atoms with Gasteiger partial charge in [0.2, 0.25) is 5.91 Å². The highest BCUT2D eigenvalue weighted by Gasteiger charge is 2.28. The van der Waals surface area contributed by atoms with Gasteiger partial charge >= 0.3 is 0 Å². The Morgan fingerprint density at radius 3 is 2.50 bits per heavy atom. The molecule has 1 aromatic heterocycles. The molecule has 6 heteroatoms. The lowest BCUT2D eigenvalue weighted by Crippen LogP contribution is -3.14. The number of aromatic nitrogens is 1. The molecule has 1 saturated heterocycles. The molecule has 1 fully saturated rings. The average Bonchev–Trinajstić information content (AvgIpc) is 2.79. The molecular formula is C24H27N4O2+. The lowest BCUT2D eigenvalue weighted by Gasteiger charge is -2.28. The standard InChI is InChI=1S/C24H26N4O2/c29-23(27-22-7-3-5-19-4-1-2-6-21(19)22)17-28-14-10-20(11-15-28)24(30)26-16-18-8-12-25-13-9-18/h1-9,12-13,20H,10-11,14-17H2,(H,26,30)(H,27,29)/p+1. The van der Waals surface area contributed by atoms with Gasteiger partial charge < -0.3 is 15.5 Å². The van der Waals surface area contributed by atoms with Crippen LogP contribution in [-0.4, -0.2) is 36.4 Å². The number of carbonyl (C=O) groups excluding carboxylic acids is 2. The summed E-state index contributed by atoms with van der Waals surface area (Å²) in [6.45, 7) is 2.61. The van der Waals surface area contributed by atoms with Crippen LogP contribution >= 0.6 is 0 Å².